The second-order valence-electron chi connectivity index (χ2n) is 1.91. The Morgan fingerprint density at radius 2 is 2.50 bits per heavy atom. The second-order valence-corrected chi connectivity index (χ2v) is 1.91. The molecule has 0 bridgehead atoms. The SMILES string of the molecule is O=CC1CCNCN1. The van der Waals surface area contributed by atoms with Crippen molar-refractivity contribution in [3.8, 4) is 0 Å². The molecule has 1 saturated heterocycles. The summed E-state index contributed by atoms with van der Waals surface area (Å²) in [5.41, 5.74) is 0. The maximum atomic E-state index is 10.1. The lowest BCUT2D eigenvalue weighted by atomic mass is 10.2. The van der Waals surface area contributed by atoms with Gasteiger partial charge in [-0.15, -0.1) is 0 Å². The predicted molar refractivity (Wildman–Crippen MR) is 30.5 cm³/mol. The molecule has 1 aliphatic heterocycles. The number of nitrogens with one attached hydrogen (secondary N) is 2. The minimum absolute atomic E-state index is 0.0938. The molecule has 8 heavy (non-hydrogen) atoms. The molecular weight excluding hydrogens is 104 g/mol. The molecule has 0 aromatic heterocycles. The van der Waals surface area contributed by atoms with Crippen LogP contribution in [-0.2, 0) is 4.79 Å². The molecule has 2 N–H and O–H groups in total. The van der Waals surface area contributed by atoms with E-state index >= 15 is 0 Å². The molecular formula is C5H10N2O. The largest absolute Gasteiger partial charge is 0.304 e. The van der Waals surface area contributed by atoms with Gasteiger partial charge in [-0.2, -0.15) is 0 Å². The lowest BCUT2D eigenvalue weighted by Crippen LogP contribution is -2.45. The molecule has 1 rings (SSSR count). The summed E-state index contributed by atoms with van der Waals surface area (Å²) in [7, 11) is 0. The standard InChI is InChI=1S/C5H10N2O/c8-3-5-1-2-6-4-7-5/h3,5-7H,1-2,4H2. The fraction of sp³-hybridized carbons (Fsp3) is 0.800. The van der Waals surface area contributed by atoms with Crippen LogP contribution in [0.4, 0.5) is 0 Å². The minimum atomic E-state index is 0.0938. The fourth-order valence-electron chi connectivity index (χ4n) is 0.767. The summed E-state index contributed by atoms with van der Waals surface area (Å²) in [4.78, 5) is 10.1. The van der Waals surface area contributed by atoms with Gasteiger partial charge in [0.05, 0.1) is 6.04 Å². The topological polar surface area (TPSA) is 41.1 Å². The van der Waals surface area contributed by atoms with E-state index < -0.39 is 0 Å². The molecule has 0 saturated carbocycles. The van der Waals surface area contributed by atoms with Gasteiger partial charge in [0, 0.05) is 6.67 Å². The van der Waals surface area contributed by atoms with Crippen LogP contribution in [0.1, 0.15) is 6.42 Å². The highest BCUT2D eigenvalue weighted by Gasteiger charge is 2.08. The van der Waals surface area contributed by atoms with Gasteiger partial charge in [-0.1, -0.05) is 0 Å². The average Bonchev–Trinajstić information content (AvgIpc) is 1.90. The van der Waals surface area contributed by atoms with Gasteiger partial charge in [0.15, 0.2) is 0 Å². The van der Waals surface area contributed by atoms with E-state index in [1.165, 1.54) is 0 Å². The number of rotatable bonds is 1. The van der Waals surface area contributed by atoms with Crippen LogP contribution < -0.4 is 10.6 Å². The van der Waals surface area contributed by atoms with Crippen molar-refractivity contribution in [2.24, 2.45) is 0 Å². The lowest BCUT2D eigenvalue weighted by Gasteiger charge is -2.18. The van der Waals surface area contributed by atoms with Crippen molar-refractivity contribution in [1.82, 2.24) is 10.6 Å². The summed E-state index contributed by atoms with van der Waals surface area (Å²) in [6.07, 6.45) is 1.88. The predicted octanol–water partition coefficient (Wildman–Crippen LogP) is -0.906. The number of aldehydes is 1. The zero-order valence-corrected chi connectivity index (χ0v) is 4.68. The zero-order valence-electron chi connectivity index (χ0n) is 4.68. The Labute approximate surface area is 48.5 Å². The summed E-state index contributed by atoms with van der Waals surface area (Å²) in [6.45, 7) is 1.72. The summed E-state index contributed by atoms with van der Waals surface area (Å²) >= 11 is 0. The number of hydrogen-bond acceptors (Lipinski definition) is 3. The highest BCUT2D eigenvalue weighted by Crippen LogP contribution is 1.88. The fourth-order valence-corrected chi connectivity index (χ4v) is 0.767. The van der Waals surface area contributed by atoms with Crippen molar-refractivity contribution in [2.75, 3.05) is 13.2 Å². The van der Waals surface area contributed by atoms with Crippen LogP contribution >= 0.6 is 0 Å². The molecule has 0 aromatic carbocycles. The number of carbonyl (C=O) groups is 1. The molecule has 46 valence electrons. The van der Waals surface area contributed by atoms with Crippen molar-refractivity contribution in [2.45, 2.75) is 12.5 Å². The second kappa shape index (κ2) is 2.79. The van der Waals surface area contributed by atoms with E-state index in [-0.39, 0.29) is 6.04 Å². The molecule has 3 nitrogen and oxygen atoms in total. The van der Waals surface area contributed by atoms with Crippen LogP contribution in [-0.4, -0.2) is 25.5 Å². The van der Waals surface area contributed by atoms with Gasteiger partial charge < -0.3 is 10.1 Å². The molecule has 1 aliphatic rings. The van der Waals surface area contributed by atoms with Crippen LogP contribution in [0, 0.1) is 0 Å². The van der Waals surface area contributed by atoms with Gasteiger partial charge >= 0.3 is 0 Å². The van der Waals surface area contributed by atoms with E-state index in [0.29, 0.717) is 0 Å². The number of hydrogen-bond donors (Lipinski definition) is 2. The smallest absolute Gasteiger partial charge is 0.136 e. The van der Waals surface area contributed by atoms with Gasteiger partial charge in [0.25, 0.3) is 0 Å². The van der Waals surface area contributed by atoms with Crippen molar-refractivity contribution in [3.05, 3.63) is 0 Å². The molecule has 0 aliphatic carbocycles. The van der Waals surface area contributed by atoms with Gasteiger partial charge in [0.1, 0.15) is 6.29 Å². The van der Waals surface area contributed by atoms with Crippen molar-refractivity contribution >= 4 is 6.29 Å². The Morgan fingerprint density at radius 1 is 1.62 bits per heavy atom. The Morgan fingerprint density at radius 3 is 2.88 bits per heavy atom. The highest BCUT2D eigenvalue weighted by molar-refractivity contribution is 5.57. The average molecular weight is 114 g/mol. The first-order valence-electron chi connectivity index (χ1n) is 2.83. The van der Waals surface area contributed by atoms with Gasteiger partial charge in [-0.3, -0.25) is 5.32 Å². The molecule has 3 heteroatoms. The maximum Gasteiger partial charge on any atom is 0.136 e. The van der Waals surface area contributed by atoms with Crippen molar-refractivity contribution in [3.63, 3.8) is 0 Å². The molecule has 1 heterocycles. The third-order valence-electron chi connectivity index (χ3n) is 1.29. The normalized spacial score (nSPS) is 29.8. The molecule has 0 spiro atoms. The first-order valence-corrected chi connectivity index (χ1v) is 2.83. The third kappa shape index (κ3) is 1.28. The van der Waals surface area contributed by atoms with Crippen LogP contribution in [0.15, 0.2) is 0 Å². The van der Waals surface area contributed by atoms with Gasteiger partial charge in [0.2, 0.25) is 0 Å². The highest BCUT2D eigenvalue weighted by atomic mass is 16.1. The van der Waals surface area contributed by atoms with Crippen LogP contribution in [0.2, 0.25) is 0 Å². The van der Waals surface area contributed by atoms with Crippen LogP contribution in [0.5, 0.6) is 0 Å². The molecule has 0 amide bonds. The van der Waals surface area contributed by atoms with E-state index in [9.17, 15) is 4.79 Å². The van der Waals surface area contributed by atoms with E-state index in [0.717, 1.165) is 25.9 Å². The quantitative estimate of drug-likeness (QED) is 0.434. The van der Waals surface area contributed by atoms with E-state index in [1.807, 2.05) is 0 Å². The Bertz CT molecular complexity index is 78.5. The Balaban J connectivity index is 2.22. The first-order chi connectivity index (χ1) is 3.93. The summed E-state index contributed by atoms with van der Waals surface area (Å²) in [5, 5.41) is 6.07. The van der Waals surface area contributed by atoms with E-state index in [4.69, 9.17) is 0 Å². The summed E-state index contributed by atoms with van der Waals surface area (Å²) < 4.78 is 0. The molecule has 0 aromatic rings. The van der Waals surface area contributed by atoms with Crippen LogP contribution in [0.25, 0.3) is 0 Å². The van der Waals surface area contributed by atoms with Gasteiger partial charge in [-0.05, 0) is 13.0 Å². The van der Waals surface area contributed by atoms with Crippen molar-refractivity contribution in [1.29, 1.82) is 0 Å². The monoisotopic (exact) mass is 114 g/mol. The summed E-state index contributed by atoms with van der Waals surface area (Å²) in [6, 6.07) is 0.0938. The lowest BCUT2D eigenvalue weighted by molar-refractivity contribution is -0.110. The number of carbonyl (C=O) groups excluding carboxylic acids is 1. The first kappa shape index (κ1) is 5.72. The Kier molecular flexibility index (Phi) is 2.00. The third-order valence-corrected chi connectivity index (χ3v) is 1.29. The minimum Gasteiger partial charge on any atom is -0.304 e. The zero-order chi connectivity index (χ0) is 5.82. The summed E-state index contributed by atoms with van der Waals surface area (Å²) in [5.74, 6) is 0. The van der Waals surface area contributed by atoms with Crippen LogP contribution in [0.3, 0.4) is 0 Å². The molecule has 1 unspecified atom stereocenters. The maximum absolute atomic E-state index is 10.1. The molecule has 0 radical (unpaired) electrons. The Hall–Kier alpha value is -0.410. The van der Waals surface area contributed by atoms with E-state index in [1.54, 1.807) is 0 Å². The van der Waals surface area contributed by atoms with Gasteiger partial charge in [-0.25, -0.2) is 0 Å². The van der Waals surface area contributed by atoms with E-state index in [2.05, 4.69) is 10.6 Å². The van der Waals surface area contributed by atoms with Crippen molar-refractivity contribution < 1.29 is 4.79 Å². The molecule has 1 fully saturated rings. The molecule has 1 atom stereocenters.